The highest BCUT2D eigenvalue weighted by Gasteiger charge is 2.21. The Bertz CT molecular complexity index is 268. The third kappa shape index (κ3) is 4.94. The predicted molar refractivity (Wildman–Crippen MR) is 75.3 cm³/mol. The van der Waals surface area contributed by atoms with E-state index in [-0.39, 0.29) is 17.9 Å². The van der Waals surface area contributed by atoms with Crippen LogP contribution in [0.1, 0.15) is 40.5 Å². The maximum absolute atomic E-state index is 11.8. The number of amides is 1. The molecule has 0 aliphatic carbocycles. The van der Waals surface area contributed by atoms with E-state index >= 15 is 0 Å². The minimum atomic E-state index is -0.396. The van der Waals surface area contributed by atoms with Crippen molar-refractivity contribution >= 4 is 5.91 Å². The zero-order valence-electron chi connectivity index (χ0n) is 12.3. The molecule has 1 amide bonds. The van der Waals surface area contributed by atoms with Crippen LogP contribution in [-0.2, 0) is 4.79 Å². The molecular formula is C14H29N3O. The number of rotatable bonds is 5. The number of likely N-dealkylation sites (tertiary alicyclic amines) is 1. The number of nitrogens with two attached hydrogens (primary N) is 1. The molecule has 1 aliphatic rings. The summed E-state index contributed by atoms with van der Waals surface area (Å²) >= 11 is 0. The second kappa shape index (κ2) is 7.10. The van der Waals surface area contributed by atoms with Gasteiger partial charge >= 0.3 is 0 Å². The number of carbonyl (C=O) groups is 1. The number of nitrogens with one attached hydrogen (secondary N) is 1. The van der Waals surface area contributed by atoms with Gasteiger partial charge in [0.25, 0.3) is 0 Å². The largest absolute Gasteiger partial charge is 0.351 e. The first-order valence-electron chi connectivity index (χ1n) is 7.18. The highest BCUT2D eigenvalue weighted by molar-refractivity contribution is 5.81. The van der Waals surface area contributed by atoms with Gasteiger partial charge in [0.1, 0.15) is 0 Å². The summed E-state index contributed by atoms with van der Waals surface area (Å²) in [6.07, 6.45) is 2.60. The molecule has 0 aromatic heterocycles. The zero-order chi connectivity index (χ0) is 13.7. The lowest BCUT2D eigenvalue weighted by atomic mass is 10.00. The Labute approximate surface area is 111 Å². The molecule has 1 heterocycles. The molecule has 106 valence electrons. The number of carbonyl (C=O) groups excluding carboxylic acids is 1. The van der Waals surface area contributed by atoms with E-state index < -0.39 is 6.04 Å². The standard InChI is InChI=1S/C14H29N3O/c1-10(2)13(15)14(18)16-12(4)9-17-7-5-6-11(3)8-17/h10-13H,5-9,15H2,1-4H3,(H,16,18)/t11?,12?,13-/m0/s1. The van der Waals surface area contributed by atoms with E-state index in [2.05, 4.69) is 24.1 Å². The summed E-state index contributed by atoms with van der Waals surface area (Å²) in [6.45, 7) is 11.5. The third-order valence-corrected chi connectivity index (χ3v) is 3.68. The summed E-state index contributed by atoms with van der Waals surface area (Å²) in [5, 5.41) is 3.02. The monoisotopic (exact) mass is 255 g/mol. The van der Waals surface area contributed by atoms with Crippen molar-refractivity contribution in [3.8, 4) is 0 Å². The highest BCUT2D eigenvalue weighted by atomic mass is 16.2. The molecule has 1 fully saturated rings. The van der Waals surface area contributed by atoms with Gasteiger partial charge in [-0.15, -0.1) is 0 Å². The minimum Gasteiger partial charge on any atom is -0.351 e. The van der Waals surface area contributed by atoms with E-state index in [1.807, 2.05) is 13.8 Å². The topological polar surface area (TPSA) is 58.4 Å². The Morgan fingerprint density at radius 1 is 1.44 bits per heavy atom. The van der Waals surface area contributed by atoms with Gasteiger partial charge in [-0.25, -0.2) is 0 Å². The van der Waals surface area contributed by atoms with Gasteiger partial charge in [0, 0.05) is 19.1 Å². The first kappa shape index (κ1) is 15.4. The van der Waals surface area contributed by atoms with Crippen molar-refractivity contribution in [2.45, 2.75) is 52.6 Å². The lowest BCUT2D eigenvalue weighted by Gasteiger charge is -2.33. The van der Waals surface area contributed by atoms with Crippen LogP contribution in [0, 0.1) is 11.8 Å². The molecule has 1 aliphatic heterocycles. The van der Waals surface area contributed by atoms with Gasteiger partial charge in [0.05, 0.1) is 6.04 Å². The van der Waals surface area contributed by atoms with E-state index in [0.29, 0.717) is 0 Å². The molecule has 0 aromatic carbocycles. The molecule has 0 aromatic rings. The SMILES string of the molecule is CC1CCCN(CC(C)NC(=O)[C@@H](N)C(C)C)C1. The lowest BCUT2D eigenvalue weighted by molar-refractivity contribution is -0.124. The molecule has 18 heavy (non-hydrogen) atoms. The fourth-order valence-electron chi connectivity index (χ4n) is 2.53. The van der Waals surface area contributed by atoms with E-state index in [1.54, 1.807) is 0 Å². The molecule has 0 saturated carbocycles. The summed E-state index contributed by atoms with van der Waals surface area (Å²) < 4.78 is 0. The summed E-state index contributed by atoms with van der Waals surface area (Å²) in [5.74, 6) is 0.939. The second-order valence-electron chi connectivity index (χ2n) is 6.19. The van der Waals surface area contributed by atoms with Crippen LogP contribution < -0.4 is 11.1 Å². The van der Waals surface area contributed by atoms with Crippen LogP contribution in [0.3, 0.4) is 0 Å². The molecule has 1 saturated heterocycles. The molecular weight excluding hydrogens is 226 g/mol. The molecule has 3 N–H and O–H groups in total. The maximum Gasteiger partial charge on any atom is 0.237 e. The Balaban J connectivity index is 2.32. The molecule has 0 bridgehead atoms. The van der Waals surface area contributed by atoms with Gasteiger partial charge in [-0.1, -0.05) is 20.8 Å². The Hall–Kier alpha value is -0.610. The van der Waals surface area contributed by atoms with Gasteiger partial charge in [-0.3, -0.25) is 4.79 Å². The Kier molecular flexibility index (Phi) is 6.09. The summed E-state index contributed by atoms with van der Waals surface area (Å²) in [4.78, 5) is 14.3. The summed E-state index contributed by atoms with van der Waals surface area (Å²) in [7, 11) is 0. The number of hydrogen-bond acceptors (Lipinski definition) is 3. The highest BCUT2D eigenvalue weighted by Crippen LogP contribution is 2.15. The minimum absolute atomic E-state index is 0.0254. The van der Waals surface area contributed by atoms with Crippen molar-refractivity contribution in [1.29, 1.82) is 0 Å². The molecule has 4 nitrogen and oxygen atoms in total. The first-order chi connectivity index (χ1) is 8.40. The number of piperidine rings is 1. The van der Waals surface area contributed by atoms with Crippen LogP contribution in [0.4, 0.5) is 0 Å². The van der Waals surface area contributed by atoms with Crippen LogP contribution in [0.15, 0.2) is 0 Å². The quantitative estimate of drug-likeness (QED) is 0.776. The molecule has 3 atom stereocenters. The van der Waals surface area contributed by atoms with Crippen molar-refractivity contribution in [3.05, 3.63) is 0 Å². The molecule has 2 unspecified atom stereocenters. The van der Waals surface area contributed by atoms with Crippen molar-refractivity contribution in [1.82, 2.24) is 10.2 Å². The smallest absolute Gasteiger partial charge is 0.237 e. The van der Waals surface area contributed by atoms with E-state index in [1.165, 1.54) is 12.8 Å². The van der Waals surface area contributed by atoms with Crippen LogP contribution >= 0.6 is 0 Å². The van der Waals surface area contributed by atoms with Gasteiger partial charge in [-0.05, 0) is 38.1 Å². The maximum atomic E-state index is 11.8. The molecule has 4 heteroatoms. The van der Waals surface area contributed by atoms with Crippen LogP contribution in [0.25, 0.3) is 0 Å². The van der Waals surface area contributed by atoms with E-state index in [4.69, 9.17) is 5.73 Å². The fourth-order valence-corrected chi connectivity index (χ4v) is 2.53. The van der Waals surface area contributed by atoms with E-state index in [9.17, 15) is 4.79 Å². The van der Waals surface area contributed by atoms with Gasteiger partial charge < -0.3 is 16.0 Å². The first-order valence-corrected chi connectivity index (χ1v) is 7.18. The molecule has 1 rings (SSSR count). The van der Waals surface area contributed by atoms with Crippen LogP contribution in [0.2, 0.25) is 0 Å². The normalized spacial score (nSPS) is 24.9. The number of hydrogen-bond donors (Lipinski definition) is 2. The number of nitrogens with zero attached hydrogens (tertiary/aromatic N) is 1. The van der Waals surface area contributed by atoms with Crippen molar-refractivity contribution in [3.63, 3.8) is 0 Å². The van der Waals surface area contributed by atoms with Gasteiger partial charge in [-0.2, -0.15) is 0 Å². The van der Waals surface area contributed by atoms with Gasteiger partial charge in [0.2, 0.25) is 5.91 Å². The van der Waals surface area contributed by atoms with Crippen LogP contribution in [-0.4, -0.2) is 42.5 Å². The lowest BCUT2D eigenvalue weighted by Crippen LogP contribution is -2.51. The predicted octanol–water partition coefficient (Wildman–Crippen LogP) is 1.21. The van der Waals surface area contributed by atoms with Crippen molar-refractivity contribution < 1.29 is 4.79 Å². The van der Waals surface area contributed by atoms with Crippen LogP contribution in [0.5, 0.6) is 0 Å². The third-order valence-electron chi connectivity index (χ3n) is 3.68. The summed E-state index contributed by atoms with van der Waals surface area (Å²) in [5.41, 5.74) is 5.84. The zero-order valence-corrected chi connectivity index (χ0v) is 12.3. The summed E-state index contributed by atoms with van der Waals surface area (Å²) in [6, 6.07) is -0.222. The molecule has 0 spiro atoms. The second-order valence-corrected chi connectivity index (χ2v) is 6.19. The average Bonchev–Trinajstić information content (AvgIpc) is 2.27. The van der Waals surface area contributed by atoms with Gasteiger partial charge in [0.15, 0.2) is 0 Å². The fraction of sp³-hybridized carbons (Fsp3) is 0.929. The Morgan fingerprint density at radius 2 is 2.11 bits per heavy atom. The Morgan fingerprint density at radius 3 is 2.67 bits per heavy atom. The average molecular weight is 255 g/mol. The van der Waals surface area contributed by atoms with Crippen molar-refractivity contribution in [2.24, 2.45) is 17.6 Å². The van der Waals surface area contributed by atoms with E-state index in [0.717, 1.165) is 25.6 Å². The van der Waals surface area contributed by atoms with Crippen molar-refractivity contribution in [2.75, 3.05) is 19.6 Å². The molecule has 0 radical (unpaired) electrons.